The van der Waals surface area contributed by atoms with Gasteiger partial charge in [0.2, 0.25) is 10.0 Å². The lowest BCUT2D eigenvalue weighted by Gasteiger charge is -2.27. The number of methoxy groups -OCH3 is 2. The molecular weight excluding hydrogens is 404 g/mol. The van der Waals surface area contributed by atoms with Gasteiger partial charge in [0, 0.05) is 24.4 Å². The molecule has 1 saturated carbocycles. The smallest absolute Gasteiger partial charge is 0.308 e. The molecule has 3 rings (SSSR count). The normalized spacial score (nSPS) is 19.3. The molecule has 1 aliphatic carbocycles. The maximum absolute atomic E-state index is 13.0. The Morgan fingerprint density at radius 2 is 1.73 bits per heavy atom. The van der Waals surface area contributed by atoms with Crippen LogP contribution in [-0.4, -0.2) is 41.4 Å². The summed E-state index contributed by atoms with van der Waals surface area (Å²) in [5.74, 6) is -0.368. The Balaban J connectivity index is 1.78. The van der Waals surface area contributed by atoms with Crippen LogP contribution in [0, 0.1) is 5.92 Å². The number of hydrogen-bond acceptors (Lipinski definition) is 6. The van der Waals surface area contributed by atoms with Crippen LogP contribution in [0.4, 0.5) is 5.69 Å². The minimum absolute atomic E-state index is 0.147. The highest BCUT2D eigenvalue weighted by Gasteiger charge is 2.29. The first-order valence-corrected chi connectivity index (χ1v) is 11.5. The fraction of sp³-hybridized carbons (Fsp3) is 0.409. The molecule has 0 saturated heterocycles. The molecule has 2 N–H and O–H groups in total. The molecule has 1 aliphatic rings. The van der Waals surface area contributed by atoms with E-state index in [0.29, 0.717) is 31.4 Å². The number of rotatable bonds is 8. The second-order valence-electron chi connectivity index (χ2n) is 7.38. The third kappa shape index (κ3) is 5.38. The van der Waals surface area contributed by atoms with Crippen LogP contribution in [-0.2, 0) is 24.3 Å². The number of carbonyl (C=O) groups excluding carboxylic acids is 1. The van der Waals surface area contributed by atoms with E-state index in [4.69, 9.17) is 9.47 Å². The van der Waals surface area contributed by atoms with Crippen molar-refractivity contribution in [2.75, 3.05) is 26.3 Å². The van der Waals surface area contributed by atoms with Gasteiger partial charge in [0.1, 0.15) is 6.73 Å². The standard InChI is InChI=1S/C22H28N2O5S/c1-28-15-23-21-14-19(12-13-20(21)16-6-4-3-5-7-16)30(26,27)24-18-10-8-17(9-11-18)22(25)29-2/h3-7,12-14,17-18,23-24H,8-11,15H2,1-2H3/t17-,18-. The van der Waals surface area contributed by atoms with Gasteiger partial charge >= 0.3 is 5.97 Å². The van der Waals surface area contributed by atoms with Crippen LogP contribution in [0.5, 0.6) is 0 Å². The molecule has 0 amide bonds. The van der Waals surface area contributed by atoms with Crippen molar-refractivity contribution in [3.63, 3.8) is 0 Å². The van der Waals surface area contributed by atoms with Crippen LogP contribution in [0.15, 0.2) is 53.4 Å². The van der Waals surface area contributed by atoms with Crippen molar-refractivity contribution in [2.45, 2.75) is 36.6 Å². The minimum atomic E-state index is -3.70. The number of sulfonamides is 1. The first kappa shape index (κ1) is 22.3. The Hall–Kier alpha value is -2.42. The molecule has 8 heteroatoms. The van der Waals surface area contributed by atoms with Crippen molar-refractivity contribution in [3.8, 4) is 11.1 Å². The highest BCUT2D eigenvalue weighted by atomic mass is 32.2. The predicted octanol–water partition coefficient (Wildman–Crippen LogP) is 3.38. The Bertz CT molecular complexity index is 955. The van der Waals surface area contributed by atoms with Gasteiger partial charge in [-0.05, 0) is 43.4 Å². The topological polar surface area (TPSA) is 93.7 Å². The van der Waals surface area contributed by atoms with Gasteiger partial charge in [0.05, 0.1) is 17.9 Å². The number of anilines is 1. The first-order chi connectivity index (χ1) is 14.4. The van der Waals surface area contributed by atoms with Crippen LogP contribution in [0.25, 0.3) is 11.1 Å². The van der Waals surface area contributed by atoms with E-state index in [-0.39, 0.29) is 29.6 Å². The number of benzene rings is 2. The lowest BCUT2D eigenvalue weighted by atomic mass is 9.86. The fourth-order valence-corrected chi connectivity index (χ4v) is 5.09. The third-order valence-electron chi connectivity index (χ3n) is 5.38. The average molecular weight is 433 g/mol. The molecule has 2 aromatic carbocycles. The fourth-order valence-electron chi connectivity index (χ4n) is 3.76. The Morgan fingerprint density at radius 1 is 1.03 bits per heavy atom. The molecule has 0 bridgehead atoms. The summed E-state index contributed by atoms with van der Waals surface area (Å²) in [4.78, 5) is 11.9. The number of nitrogens with one attached hydrogen (secondary N) is 2. The molecule has 0 unspecified atom stereocenters. The lowest BCUT2D eigenvalue weighted by Crippen LogP contribution is -2.38. The van der Waals surface area contributed by atoms with E-state index in [0.717, 1.165) is 11.1 Å². The predicted molar refractivity (Wildman–Crippen MR) is 115 cm³/mol. The van der Waals surface area contributed by atoms with Crippen LogP contribution in [0.1, 0.15) is 25.7 Å². The summed E-state index contributed by atoms with van der Waals surface area (Å²) in [5.41, 5.74) is 2.56. The van der Waals surface area contributed by atoms with Gasteiger partial charge in [-0.3, -0.25) is 4.79 Å². The third-order valence-corrected chi connectivity index (χ3v) is 6.89. The lowest BCUT2D eigenvalue weighted by molar-refractivity contribution is -0.146. The molecule has 0 aromatic heterocycles. The van der Waals surface area contributed by atoms with Crippen molar-refractivity contribution in [1.82, 2.24) is 4.72 Å². The van der Waals surface area contributed by atoms with Gasteiger partial charge in [-0.1, -0.05) is 36.4 Å². The van der Waals surface area contributed by atoms with E-state index in [2.05, 4.69) is 10.0 Å². The Labute approximate surface area is 177 Å². The van der Waals surface area contributed by atoms with Crippen molar-refractivity contribution >= 4 is 21.7 Å². The minimum Gasteiger partial charge on any atom is -0.469 e. The highest BCUT2D eigenvalue weighted by molar-refractivity contribution is 7.89. The van der Waals surface area contributed by atoms with Crippen LogP contribution < -0.4 is 10.0 Å². The molecular formula is C22H28N2O5S. The Morgan fingerprint density at radius 3 is 2.37 bits per heavy atom. The van der Waals surface area contributed by atoms with E-state index in [9.17, 15) is 13.2 Å². The Kier molecular flexibility index (Phi) is 7.47. The van der Waals surface area contributed by atoms with Gasteiger partial charge in [0.15, 0.2) is 0 Å². The highest BCUT2D eigenvalue weighted by Crippen LogP contribution is 2.31. The van der Waals surface area contributed by atoms with E-state index < -0.39 is 10.0 Å². The van der Waals surface area contributed by atoms with Crippen molar-refractivity contribution < 1.29 is 22.7 Å². The second kappa shape index (κ2) is 10.1. The maximum atomic E-state index is 13.0. The summed E-state index contributed by atoms with van der Waals surface area (Å²) in [5, 5.41) is 3.14. The van der Waals surface area contributed by atoms with Crippen LogP contribution >= 0.6 is 0 Å². The second-order valence-corrected chi connectivity index (χ2v) is 9.09. The van der Waals surface area contributed by atoms with Gasteiger partial charge in [-0.25, -0.2) is 13.1 Å². The zero-order valence-corrected chi connectivity index (χ0v) is 18.1. The van der Waals surface area contributed by atoms with E-state index in [1.807, 2.05) is 30.3 Å². The van der Waals surface area contributed by atoms with E-state index >= 15 is 0 Å². The summed E-state index contributed by atoms with van der Waals surface area (Å²) in [6, 6.07) is 14.6. The molecule has 0 atom stereocenters. The van der Waals surface area contributed by atoms with Gasteiger partial charge in [0.25, 0.3) is 0 Å². The van der Waals surface area contributed by atoms with Crippen LogP contribution in [0.3, 0.4) is 0 Å². The van der Waals surface area contributed by atoms with Gasteiger partial charge in [-0.15, -0.1) is 0 Å². The summed E-state index contributed by atoms with van der Waals surface area (Å²) >= 11 is 0. The van der Waals surface area contributed by atoms with E-state index in [1.54, 1.807) is 25.3 Å². The van der Waals surface area contributed by atoms with Gasteiger partial charge in [-0.2, -0.15) is 0 Å². The monoisotopic (exact) mass is 432 g/mol. The molecule has 0 radical (unpaired) electrons. The molecule has 0 aliphatic heterocycles. The summed E-state index contributed by atoms with van der Waals surface area (Å²) < 4.78 is 38.7. The first-order valence-electron chi connectivity index (χ1n) is 9.97. The van der Waals surface area contributed by atoms with Crippen molar-refractivity contribution in [1.29, 1.82) is 0 Å². The number of hydrogen-bond donors (Lipinski definition) is 2. The molecule has 0 heterocycles. The number of carbonyl (C=O) groups is 1. The molecule has 0 spiro atoms. The molecule has 30 heavy (non-hydrogen) atoms. The largest absolute Gasteiger partial charge is 0.469 e. The summed E-state index contributed by atoms with van der Waals surface area (Å²) in [6.45, 7) is 0.258. The average Bonchev–Trinajstić information content (AvgIpc) is 2.77. The summed E-state index contributed by atoms with van der Waals surface area (Å²) in [7, 11) is -0.745. The maximum Gasteiger partial charge on any atom is 0.308 e. The number of esters is 1. The zero-order chi connectivity index (χ0) is 21.6. The molecule has 2 aromatic rings. The van der Waals surface area contributed by atoms with Crippen LogP contribution in [0.2, 0.25) is 0 Å². The van der Waals surface area contributed by atoms with Gasteiger partial charge < -0.3 is 14.8 Å². The zero-order valence-electron chi connectivity index (χ0n) is 17.3. The quantitative estimate of drug-likeness (QED) is 0.491. The molecule has 7 nitrogen and oxygen atoms in total. The van der Waals surface area contributed by atoms with Crippen molar-refractivity contribution in [2.24, 2.45) is 5.92 Å². The summed E-state index contributed by atoms with van der Waals surface area (Å²) in [6.07, 6.45) is 2.45. The van der Waals surface area contributed by atoms with Crippen molar-refractivity contribution in [3.05, 3.63) is 48.5 Å². The number of ether oxygens (including phenoxy) is 2. The SMILES string of the molecule is COCNc1cc(S(=O)(=O)N[C@H]2CC[C@H](C(=O)OC)CC2)ccc1-c1ccccc1. The molecule has 162 valence electrons. The molecule has 1 fully saturated rings. The van der Waals surface area contributed by atoms with E-state index in [1.165, 1.54) is 7.11 Å².